The number of amidine groups is 1. The zero-order valence-electron chi connectivity index (χ0n) is 19.8. The van der Waals surface area contributed by atoms with Gasteiger partial charge in [0.15, 0.2) is 11.8 Å². The van der Waals surface area contributed by atoms with Crippen molar-refractivity contribution >= 4 is 34.5 Å². The van der Waals surface area contributed by atoms with Crippen LogP contribution in [0.1, 0.15) is 32.4 Å². The fraction of sp³-hybridized carbons (Fsp3) is 0.269. The molecule has 0 bridgehead atoms. The molecule has 2 aliphatic rings. The van der Waals surface area contributed by atoms with E-state index >= 15 is 0 Å². The highest BCUT2D eigenvalue weighted by Crippen LogP contribution is 2.43. The Morgan fingerprint density at radius 3 is 2.57 bits per heavy atom. The first-order chi connectivity index (χ1) is 17.0. The number of benzene rings is 2. The molecule has 0 radical (unpaired) electrons. The van der Waals surface area contributed by atoms with Crippen LogP contribution in [-0.2, 0) is 14.3 Å². The first-order valence-electron chi connectivity index (χ1n) is 11.3. The summed E-state index contributed by atoms with van der Waals surface area (Å²) in [6.45, 7) is 6.12. The summed E-state index contributed by atoms with van der Waals surface area (Å²) in [7, 11) is 0. The van der Waals surface area contributed by atoms with E-state index in [1.54, 1.807) is 44.2 Å². The van der Waals surface area contributed by atoms with Crippen LogP contribution in [0.5, 0.6) is 11.5 Å². The number of thioether (sulfide) groups is 1. The summed E-state index contributed by atoms with van der Waals surface area (Å²) in [5.41, 5.74) is 2.42. The van der Waals surface area contributed by atoms with Gasteiger partial charge in [0.25, 0.3) is 5.91 Å². The molecule has 9 heteroatoms. The predicted molar refractivity (Wildman–Crippen MR) is 136 cm³/mol. The largest absolute Gasteiger partial charge is 0.494 e. The highest BCUT2D eigenvalue weighted by molar-refractivity contribution is 8.16. The molecule has 0 spiro atoms. The van der Waals surface area contributed by atoms with Crippen LogP contribution in [-0.4, -0.2) is 41.8 Å². The first-order valence-corrected chi connectivity index (χ1v) is 12.2. The van der Waals surface area contributed by atoms with Gasteiger partial charge in [-0.15, -0.1) is 0 Å². The number of hydrogen-bond acceptors (Lipinski definition) is 8. The molecule has 0 saturated carbocycles. The fourth-order valence-corrected chi connectivity index (χ4v) is 4.65. The lowest BCUT2D eigenvalue weighted by Crippen LogP contribution is -2.34. The van der Waals surface area contributed by atoms with Crippen molar-refractivity contribution < 1.29 is 23.8 Å². The zero-order chi connectivity index (χ0) is 24.8. The number of anilines is 1. The maximum atomic E-state index is 12.9. The number of ether oxygens (including phenoxy) is 3. The quantitative estimate of drug-likeness (QED) is 0.499. The van der Waals surface area contributed by atoms with Gasteiger partial charge in [0.2, 0.25) is 0 Å². The van der Waals surface area contributed by atoms with E-state index in [1.807, 2.05) is 41.6 Å². The number of hydrogen-bond donors (Lipinski definition) is 1. The number of carbonyl (C=O) groups is 2. The molecule has 0 aromatic heterocycles. The summed E-state index contributed by atoms with van der Waals surface area (Å²) in [6.07, 6.45) is 1.88. The van der Waals surface area contributed by atoms with Crippen molar-refractivity contribution in [1.82, 2.24) is 4.90 Å². The van der Waals surface area contributed by atoms with Crippen LogP contribution in [0, 0.1) is 0 Å². The van der Waals surface area contributed by atoms with Gasteiger partial charge in [-0.25, -0.2) is 9.79 Å². The van der Waals surface area contributed by atoms with Crippen LogP contribution in [0.2, 0.25) is 0 Å². The number of nitrogens with one attached hydrogen (secondary N) is 1. The molecule has 0 unspecified atom stereocenters. The molecule has 0 fully saturated rings. The van der Waals surface area contributed by atoms with Crippen molar-refractivity contribution in [3.8, 4) is 11.5 Å². The monoisotopic (exact) mass is 493 g/mol. The summed E-state index contributed by atoms with van der Waals surface area (Å²) < 4.78 is 16.7. The molecular formula is C26H27N3O5S. The second-order valence-electron chi connectivity index (χ2n) is 7.66. The van der Waals surface area contributed by atoms with Crippen molar-refractivity contribution in [1.29, 1.82) is 0 Å². The van der Waals surface area contributed by atoms with Gasteiger partial charge in [-0.3, -0.25) is 4.79 Å². The molecular weight excluding hydrogens is 466 g/mol. The molecule has 2 heterocycles. The van der Waals surface area contributed by atoms with Crippen LogP contribution in [0.3, 0.4) is 0 Å². The number of fused-ring (bicyclic) bond motifs is 1. The number of rotatable bonds is 9. The molecule has 4 rings (SSSR count). The van der Waals surface area contributed by atoms with Gasteiger partial charge >= 0.3 is 5.97 Å². The molecule has 1 N–H and O–H groups in total. The topological polar surface area (TPSA) is 89.5 Å². The minimum absolute atomic E-state index is 0.195. The Morgan fingerprint density at radius 1 is 1.06 bits per heavy atom. The number of aliphatic imine (C=N–C) groups is 1. The van der Waals surface area contributed by atoms with Crippen LogP contribution in [0.4, 0.5) is 5.69 Å². The maximum absolute atomic E-state index is 12.9. The van der Waals surface area contributed by atoms with Gasteiger partial charge in [0.05, 0.1) is 30.5 Å². The van der Waals surface area contributed by atoms with Crippen LogP contribution in [0.15, 0.2) is 76.4 Å². The van der Waals surface area contributed by atoms with E-state index in [2.05, 4.69) is 10.3 Å². The van der Waals surface area contributed by atoms with E-state index in [4.69, 9.17) is 14.2 Å². The molecule has 35 heavy (non-hydrogen) atoms. The highest BCUT2D eigenvalue weighted by atomic mass is 32.2. The van der Waals surface area contributed by atoms with Crippen molar-refractivity contribution in [2.45, 2.75) is 26.8 Å². The maximum Gasteiger partial charge on any atom is 0.338 e. The van der Waals surface area contributed by atoms with Gasteiger partial charge in [0, 0.05) is 17.5 Å². The second-order valence-corrected chi connectivity index (χ2v) is 8.53. The third-order valence-electron chi connectivity index (χ3n) is 5.34. The smallest absolute Gasteiger partial charge is 0.338 e. The van der Waals surface area contributed by atoms with E-state index in [-0.39, 0.29) is 19.1 Å². The van der Waals surface area contributed by atoms with Crippen molar-refractivity contribution in [2.24, 2.45) is 4.99 Å². The zero-order valence-corrected chi connectivity index (χ0v) is 20.6. The van der Waals surface area contributed by atoms with Gasteiger partial charge in [-0.1, -0.05) is 30.0 Å². The van der Waals surface area contributed by atoms with E-state index in [0.29, 0.717) is 29.3 Å². The normalized spacial score (nSPS) is 16.5. The van der Waals surface area contributed by atoms with Crippen molar-refractivity contribution in [3.63, 3.8) is 0 Å². The molecule has 2 aromatic rings. The lowest BCUT2D eigenvalue weighted by molar-refractivity contribution is -0.139. The minimum Gasteiger partial charge on any atom is -0.494 e. The minimum atomic E-state index is -0.488. The Labute approximate surface area is 208 Å². The van der Waals surface area contributed by atoms with Gasteiger partial charge in [-0.05, 0) is 56.5 Å². The highest BCUT2D eigenvalue weighted by Gasteiger charge is 2.38. The van der Waals surface area contributed by atoms with Crippen molar-refractivity contribution in [2.75, 3.05) is 25.1 Å². The SMILES string of the molecule is CCOC(=O)C1=C(C)N=C2SC=CN2[C@H]1c1ccccc1OCC(=O)Nc1ccc(OCC)cc1. The number of amides is 1. The molecule has 182 valence electrons. The van der Waals surface area contributed by atoms with Crippen LogP contribution in [0.25, 0.3) is 0 Å². The predicted octanol–water partition coefficient (Wildman–Crippen LogP) is 4.87. The third kappa shape index (κ3) is 5.51. The molecule has 2 aliphatic heterocycles. The number of para-hydroxylation sites is 1. The summed E-state index contributed by atoms with van der Waals surface area (Å²) in [5.74, 6) is 0.511. The van der Waals surface area contributed by atoms with Crippen LogP contribution >= 0.6 is 11.8 Å². The fourth-order valence-electron chi connectivity index (χ4n) is 3.86. The van der Waals surface area contributed by atoms with Gasteiger partial charge in [-0.2, -0.15) is 0 Å². The summed E-state index contributed by atoms with van der Waals surface area (Å²) in [4.78, 5) is 32.0. The first kappa shape index (κ1) is 24.4. The molecule has 0 saturated heterocycles. The lowest BCUT2D eigenvalue weighted by atomic mass is 9.94. The number of carbonyl (C=O) groups excluding carboxylic acids is 2. The standard InChI is InChI=1S/C26H27N3O5S/c1-4-32-19-12-10-18(11-13-19)28-22(30)16-34-21-9-7-6-8-20(21)24-23(25(31)33-5-2)17(3)27-26-29(24)14-15-35-26/h6-15,24H,4-5,16H2,1-3H3,(H,28,30)/t24-/m0/s1. The third-order valence-corrected chi connectivity index (χ3v) is 6.11. The Balaban J connectivity index is 1.54. The van der Waals surface area contributed by atoms with E-state index in [1.165, 1.54) is 11.8 Å². The summed E-state index contributed by atoms with van der Waals surface area (Å²) in [6, 6.07) is 14.0. The molecule has 8 nitrogen and oxygen atoms in total. The average molecular weight is 494 g/mol. The van der Waals surface area contributed by atoms with Gasteiger partial charge < -0.3 is 24.4 Å². The Hall–Kier alpha value is -3.72. The Morgan fingerprint density at radius 2 is 1.83 bits per heavy atom. The number of esters is 1. The molecule has 1 atom stereocenters. The molecule has 2 aromatic carbocycles. The average Bonchev–Trinajstić information content (AvgIpc) is 3.32. The van der Waals surface area contributed by atoms with Crippen molar-refractivity contribution in [3.05, 3.63) is 77.0 Å². The second kappa shape index (κ2) is 11.1. The molecule has 0 aliphatic carbocycles. The summed E-state index contributed by atoms with van der Waals surface area (Å²) >= 11 is 1.48. The molecule has 1 amide bonds. The Kier molecular flexibility index (Phi) is 7.77. The lowest BCUT2D eigenvalue weighted by Gasteiger charge is -2.34. The van der Waals surface area contributed by atoms with E-state index in [0.717, 1.165) is 16.5 Å². The van der Waals surface area contributed by atoms with E-state index < -0.39 is 12.0 Å². The number of nitrogens with zero attached hydrogens (tertiary/aromatic N) is 2. The summed E-state index contributed by atoms with van der Waals surface area (Å²) in [5, 5.41) is 5.51. The van der Waals surface area contributed by atoms with Crippen LogP contribution < -0.4 is 14.8 Å². The van der Waals surface area contributed by atoms with Gasteiger partial charge in [0.1, 0.15) is 11.5 Å². The number of allylic oxidation sites excluding steroid dienone is 1. The van der Waals surface area contributed by atoms with E-state index in [9.17, 15) is 9.59 Å². The Bertz CT molecular complexity index is 1190.